The number of aromatic nitrogens is 2. The highest BCUT2D eigenvalue weighted by Gasteiger charge is 2.09. The van der Waals surface area contributed by atoms with E-state index >= 15 is 0 Å². The number of nitro groups is 1. The van der Waals surface area contributed by atoms with Crippen molar-refractivity contribution in [2.45, 2.75) is 6.92 Å². The van der Waals surface area contributed by atoms with E-state index in [0.29, 0.717) is 17.2 Å². The van der Waals surface area contributed by atoms with Crippen molar-refractivity contribution in [3.63, 3.8) is 0 Å². The number of non-ortho nitro benzene ring substituents is 1. The zero-order valence-electron chi connectivity index (χ0n) is 9.83. The van der Waals surface area contributed by atoms with Crippen LogP contribution in [0, 0.1) is 10.1 Å². The van der Waals surface area contributed by atoms with Crippen molar-refractivity contribution in [2.75, 3.05) is 11.9 Å². The van der Waals surface area contributed by atoms with Gasteiger partial charge in [-0.2, -0.15) is 0 Å². The van der Waals surface area contributed by atoms with Gasteiger partial charge in [-0.15, -0.1) is 0 Å². The highest BCUT2D eigenvalue weighted by atomic mass is 16.6. The molecule has 0 aliphatic heterocycles. The summed E-state index contributed by atoms with van der Waals surface area (Å²) < 4.78 is 0. The van der Waals surface area contributed by atoms with Gasteiger partial charge >= 0.3 is 0 Å². The minimum Gasteiger partial charge on any atom is -0.370 e. The van der Waals surface area contributed by atoms with Crippen molar-refractivity contribution in [1.82, 2.24) is 9.97 Å². The third-order valence-electron chi connectivity index (χ3n) is 2.33. The highest BCUT2D eigenvalue weighted by molar-refractivity contribution is 5.60. The molecule has 0 aliphatic rings. The van der Waals surface area contributed by atoms with Gasteiger partial charge in [0.15, 0.2) is 5.82 Å². The van der Waals surface area contributed by atoms with Gasteiger partial charge in [-0.25, -0.2) is 9.97 Å². The van der Waals surface area contributed by atoms with E-state index in [-0.39, 0.29) is 5.69 Å². The van der Waals surface area contributed by atoms with Crippen LogP contribution in [0.25, 0.3) is 11.4 Å². The fraction of sp³-hybridized carbons (Fsp3) is 0.167. The normalized spacial score (nSPS) is 10.1. The summed E-state index contributed by atoms with van der Waals surface area (Å²) in [5.74, 6) is 1.17. The predicted octanol–water partition coefficient (Wildman–Crippen LogP) is 2.48. The number of anilines is 1. The number of benzene rings is 1. The number of hydrogen-bond donors (Lipinski definition) is 1. The molecule has 18 heavy (non-hydrogen) atoms. The second-order valence-corrected chi connectivity index (χ2v) is 3.60. The molecule has 1 aromatic carbocycles. The van der Waals surface area contributed by atoms with E-state index in [4.69, 9.17) is 0 Å². The van der Waals surface area contributed by atoms with E-state index in [0.717, 1.165) is 6.54 Å². The first-order valence-electron chi connectivity index (χ1n) is 5.52. The van der Waals surface area contributed by atoms with Crippen molar-refractivity contribution in [2.24, 2.45) is 0 Å². The minimum absolute atomic E-state index is 0.0324. The standard InChI is InChI=1S/C12H12N4O2/c1-2-13-11-6-7-14-12(15-11)9-4-3-5-10(8-9)16(17)18/h3-8H,2H2,1H3,(H,13,14,15). The van der Waals surface area contributed by atoms with Gasteiger partial charge in [0.2, 0.25) is 0 Å². The smallest absolute Gasteiger partial charge is 0.270 e. The van der Waals surface area contributed by atoms with Crippen LogP contribution in [-0.4, -0.2) is 21.4 Å². The summed E-state index contributed by atoms with van der Waals surface area (Å²) in [7, 11) is 0. The van der Waals surface area contributed by atoms with Crippen LogP contribution in [0.5, 0.6) is 0 Å². The average Bonchev–Trinajstić information content (AvgIpc) is 2.39. The van der Waals surface area contributed by atoms with Gasteiger partial charge in [0.1, 0.15) is 5.82 Å². The Morgan fingerprint density at radius 1 is 1.39 bits per heavy atom. The summed E-state index contributed by atoms with van der Waals surface area (Å²) in [6, 6.07) is 8.03. The molecule has 92 valence electrons. The van der Waals surface area contributed by atoms with E-state index in [1.54, 1.807) is 24.4 Å². The summed E-state index contributed by atoms with van der Waals surface area (Å²) in [5.41, 5.74) is 0.661. The van der Waals surface area contributed by atoms with Gasteiger partial charge in [-0.3, -0.25) is 10.1 Å². The van der Waals surface area contributed by atoms with Crippen LogP contribution in [0.15, 0.2) is 36.5 Å². The first-order valence-corrected chi connectivity index (χ1v) is 5.52. The Hall–Kier alpha value is -2.50. The lowest BCUT2D eigenvalue weighted by Gasteiger charge is -2.04. The van der Waals surface area contributed by atoms with Crippen LogP contribution in [0.3, 0.4) is 0 Å². The Balaban J connectivity index is 2.38. The average molecular weight is 244 g/mol. The van der Waals surface area contributed by atoms with Gasteiger partial charge in [0, 0.05) is 30.4 Å². The zero-order valence-corrected chi connectivity index (χ0v) is 9.83. The molecule has 6 heteroatoms. The van der Waals surface area contributed by atoms with Gasteiger partial charge in [-0.05, 0) is 13.0 Å². The second-order valence-electron chi connectivity index (χ2n) is 3.60. The first kappa shape index (κ1) is 12.0. The van der Waals surface area contributed by atoms with Crippen LogP contribution < -0.4 is 5.32 Å². The topological polar surface area (TPSA) is 81.0 Å². The molecule has 0 saturated heterocycles. The van der Waals surface area contributed by atoms with E-state index in [1.165, 1.54) is 12.1 Å². The molecule has 0 aliphatic carbocycles. The monoisotopic (exact) mass is 244 g/mol. The number of nitrogens with zero attached hydrogens (tertiary/aromatic N) is 3. The van der Waals surface area contributed by atoms with Crippen molar-refractivity contribution in [3.8, 4) is 11.4 Å². The Bertz CT molecular complexity index is 572. The molecular formula is C12H12N4O2. The van der Waals surface area contributed by atoms with Gasteiger partial charge in [-0.1, -0.05) is 12.1 Å². The Labute approximate surface area is 104 Å². The quantitative estimate of drug-likeness (QED) is 0.660. The molecule has 1 N–H and O–H groups in total. The van der Waals surface area contributed by atoms with Gasteiger partial charge < -0.3 is 5.32 Å². The predicted molar refractivity (Wildman–Crippen MR) is 68.3 cm³/mol. The zero-order chi connectivity index (χ0) is 13.0. The molecule has 0 radical (unpaired) electrons. The van der Waals surface area contributed by atoms with Crippen molar-refractivity contribution < 1.29 is 4.92 Å². The lowest BCUT2D eigenvalue weighted by molar-refractivity contribution is -0.384. The van der Waals surface area contributed by atoms with Gasteiger partial charge in [0.25, 0.3) is 5.69 Å². The molecule has 0 bridgehead atoms. The summed E-state index contributed by atoms with van der Waals surface area (Å²) in [6.07, 6.45) is 1.62. The molecule has 0 saturated carbocycles. The van der Waals surface area contributed by atoms with Crippen LogP contribution in [-0.2, 0) is 0 Å². The van der Waals surface area contributed by atoms with Gasteiger partial charge in [0.05, 0.1) is 4.92 Å². The molecule has 0 atom stereocenters. The molecular weight excluding hydrogens is 232 g/mol. The Kier molecular flexibility index (Phi) is 3.47. The Morgan fingerprint density at radius 3 is 2.94 bits per heavy atom. The highest BCUT2D eigenvalue weighted by Crippen LogP contribution is 2.21. The van der Waals surface area contributed by atoms with Crippen LogP contribution in [0.2, 0.25) is 0 Å². The molecule has 1 heterocycles. The summed E-state index contributed by atoms with van der Waals surface area (Å²) in [6.45, 7) is 2.72. The summed E-state index contributed by atoms with van der Waals surface area (Å²) >= 11 is 0. The molecule has 0 fully saturated rings. The fourth-order valence-corrected chi connectivity index (χ4v) is 1.54. The van der Waals surface area contributed by atoms with Crippen LogP contribution >= 0.6 is 0 Å². The largest absolute Gasteiger partial charge is 0.370 e. The van der Waals surface area contributed by atoms with Crippen LogP contribution in [0.4, 0.5) is 11.5 Å². The summed E-state index contributed by atoms with van der Waals surface area (Å²) in [5, 5.41) is 13.8. The molecule has 2 aromatic rings. The SMILES string of the molecule is CCNc1ccnc(-c2cccc([N+](=O)[O-])c2)n1. The lowest BCUT2D eigenvalue weighted by atomic mass is 10.2. The maximum absolute atomic E-state index is 10.7. The molecule has 0 unspecified atom stereocenters. The van der Waals surface area contributed by atoms with Crippen molar-refractivity contribution in [3.05, 3.63) is 46.6 Å². The van der Waals surface area contributed by atoms with E-state index in [2.05, 4.69) is 15.3 Å². The number of rotatable bonds is 4. The minimum atomic E-state index is -0.433. The number of nitrogens with one attached hydrogen (secondary N) is 1. The third-order valence-corrected chi connectivity index (χ3v) is 2.33. The maximum atomic E-state index is 10.7. The fourth-order valence-electron chi connectivity index (χ4n) is 1.54. The maximum Gasteiger partial charge on any atom is 0.270 e. The van der Waals surface area contributed by atoms with E-state index < -0.39 is 4.92 Å². The molecule has 6 nitrogen and oxygen atoms in total. The van der Waals surface area contributed by atoms with E-state index in [1.807, 2.05) is 6.92 Å². The third kappa shape index (κ3) is 2.60. The molecule has 2 rings (SSSR count). The molecule has 0 amide bonds. The molecule has 0 spiro atoms. The second kappa shape index (κ2) is 5.22. The first-order chi connectivity index (χ1) is 8.70. The Morgan fingerprint density at radius 2 is 2.22 bits per heavy atom. The van der Waals surface area contributed by atoms with E-state index in [9.17, 15) is 10.1 Å². The molecule has 1 aromatic heterocycles. The van der Waals surface area contributed by atoms with Crippen molar-refractivity contribution >= 4 is 11.5 Å². The number of hydrogen-bond acceptors (Lipinski definition) is 5. The van der Waals surface area contributed by atoms with Crippen molar-refractivity contribution in [1.29, 1.82) is 0 Å². The summed E-state index contributed by atoms with van der Waals surface area (Å²) in [4.78, 5) is 18.7. The number of nitro benzene ring substituents is 1. The van der Waals surface area contributed by atoms with Crippen LogP contribution in [0.1, 0.15) is 6.92 Å². The lowest BCUT2D eigenvalue weighted by Crippen LogP contribution is -2.00.